The van der Waals surface area contributed by atoms with Gasteiger partial charge in [-0.1, -0.05) is 12.8 Å². The van der Waals surface area contributed by atoms with Crippen LogP contribution in [-0.4, -0.2) is 33.9 Å². The van der Waals surface area contributed by atoms with Crippen molar-refractivity contribution in [2.45, 2.75) is 64.5 Å². The molecular weight excluding hydrogens is 296 g/mol. The Morgan fingerprint density at radius 2 is 2.04 bits per heavy atom. The third-order valence-corrected chi connectivity index (χ3v) is 3.63. The van der Waals surface area contributed by atoms with E-state index in [0.717, 1.165) is 18.7 Å². The largest absolute Gasteiger partial charge is 0.444 e. The van der Waals surface area contributed by atoms with Crippen molar-refractivity contribution in [2.75, 3.05) is 11.9 Å². The number of amides is 2. The zero-order valence-electron chi connectivity index (χ0n) is 14.1. The van der Waals surface area contributed by atoms with Gasteiger partial charge in [-0.2, -0.15) is 5.10 Å². The summed E-state index contributed by atoms with van der Waals surface area (Å²) in [5.74, 6) is 0.569. The SMILES string of the molecule is CC(C)(C)OC(=O)NCCC(=O)Nc1ccnn1C1CCCC1. The third-order valence-electron chi connectivity index (χ3n) is 3.63. The molecule has 0 saturated heterocycles. The summed E-state index contributed by atoms with van der Waals surface area (Å²) in [7, 11) is 0. The molecule has 0 unspecified atom stereocenters. The minimum Gasteiger partial charge on any atom is -0.444 e. The van der Waals surface area contributed by atoms with Crippen LogP contribution in [0, 0.1) is 0 Å². The standard InChI is InChI=1S/C16H26N4O3/c1-16(2,3)23-15(22)17-10-9-14(21)19-13-8-11-18-20(13)12-6-4-5-7-12/h8,11-12H,4-7,9-10H2,1-3H3,(H,17,22)(H,19,21). The van der Waals surface area contributed by atoms with E-state index in [9.17, 15) is 9.59 Å². The topological polar surface area (TPSA) is 85.2 Å². The zero-order valence-corrected chi connectivity index (χ0v) is 14.1. The van der Waals surface area contributed by atoms with Crippen molar-refractivity contribution in [2.24, 2.45) is 0 Å². The fraction of sp³-hybridized carbons (Fsp3) is 0.688. The molecule has 2 N–H and O–H groups in total. The van der Waals surface area contributed by atoms with Crippen LogP contribution in [0.3, 0.4) is 0 Å². The van der Waals surface area contributed by atoms with Crippen LogP contribution in [0.25, 0.3) is 0 Å². The van der Waals surface area contributed by atoms with E-state index in [0.29, 0.717) is 6.04 Å². The van der Waals surface area contributed by atoms with Gasteiger partial charge < -0.3 is 15.4 Å². The van der Waals surface area contributed by atoms with Crippen molar-refractivity contribution in [3.05, 3.63) is 12.3 Å². The summed E-state index contributed by atoms with van der Waals surface area (Å²) in [6.07, 6.45) is 5.99. The summed E-state index contributed by atoms with van der Waals surface area (Å²) in [6, 6.07) is 2.18. The first-order chi connectivity index (χ1) is 10.8. The van der Waals surface area contributed by atoms with Crippen LogP contribution in [0.5, 0.6) is 0 Å². The van der Waals surface area contributed by atoms with Crippen molar-refractivity contribution >= 4 is 17.8 Å². The van der Waals surface area contributed by atoms with Crippen LogP contribution in [-0.2, 0) is 9.53 Å². The molecule has 128 valence electrons. The first-order valence-electron chi connectivity index (χ1n) is 8.15. The molecule has 1 aliphatic rings. The third kappa shape index (κ3) is 5.58. The predicted molar refractivity (Wildman–Crippen MR) is 87.2 cm³/mol. The van der Waals surface area contributed by atoms with E-state index in [1.54, 1.807) is 33.0 Å². The maximum atomic E-state index is 12.0. The van der Waals surface area contributed by atoms with E-state index in [1.807, 2.05) is 4.68 Å². The minimum absolute atomic E-state index is 0.152. The Morgan fingerprint density at radius 1 is 1.35 bits per heavy atom. The van der Waals surface area contributed by atoms with Gasteiger partial charge >= 0.3 is 6.09 Å². The van der Waals surface area contributed by atoms with Gasteiger partial charge in [0.15, 0.2) is 0 Å². The van der Waals surface area contributed by atoms with E-state index < -0.39 is 11.7 Å². The monoisotopic (exact) mass is 322 g/mol. The molecule has 0 aromatic carbocycles. The number of rotatable bonds is 5. The van der Waals surface area contributed by atoms with E-state index in [-0.39, 0.29) is 18.9 Å². The average molecular weight is 322 g/mol. The molecule has 0 bridgehead atoms. The zero-order chi connectivity index (χ0) is 16.9. The highest BCUT2D eigenvalue weighted by Gasteiger charge is 2.20. The number of alkyl carbamates (subject to hydrolysis) is 1. The number of nitrogens with zero attached hydrogens (tertiary/aromatic N) is 2. The summed E-state index contributed by atoms with van der Waals surface area (Å²) < 4.78 is 7.01. The molecular formula is C16H26N4O3. The summed E-state index contributed by atoms with van der Waals surface area (Å²) in [4.78, 5) is 23.5. The highest BCUT2D eigenvalue weighted by atomic mass is 16.6. The molecule has 1 aliphatic carbocycles. The maximum Gasteiger partial charge on any atom is 0.407 e. The van der Waals surface area contributed by atoms with E-state index in [1.165, 1.54) is 12.8 Å². The molecule has 1 aromatic heterocycles. The average Bonchev–Trinajstić information content (AvgIpc) is 3.06. The molecule has 0 radical (unpaired) electrons. The van der Waals surface area contributed by atoms with Crippen LogP contribution < -0.4 is 10.6 Å². The number of ether oxygens (including phenoxy) is 1. The van der Waals surface area contributed by atoms with Gasteiger partial charge in [0.05, 0.1) is 12.2 Å². The Balaban J connectivity index is 1.75. The van der Waals surface area contributed by atoms with Gasteiger partial charge in [-0.05, 0) is 33.6 Å². The smallest absolute Gasteiger partial charge is 0.407 e. The summed E-state index contributed by atoms with van der Waals surface area (Å²) >= 11 is 0. The quantitative estimate of drug-likeness (QED) is 0.873. The number of aromatic nitrogens is 2. The Kier molecular flexibility index (Phi) is 5.63. The molecule has 1 saturated carbocycles. The Labute approximate surface area is 136 Å². The lowest BCUT2D eigenvalue weighted by molar-refractivity contribution is -0.116. The van der Waals surface area contributed by atoms with Crippen LogP contribution in [0.1, 0.15) is 58.9 Å². The number of nitrogens with one attached hydrogen (secondary N) is 2. The molecule has 0 aliphatic heterocycles. The van der Waals surface area contributed by atoms with Gasteiger partial charge in [-0.25, -0.2) is 9.48 Å². The number of hydrogen-bond acceptors (Lipinski definition) is 4. The lowest BCUT2D eigenvalue weighted by Gasteiger charge is -2.19. The summed E-state index contributed by atoms with van der Waals surface area (Å²) in [5.41, 5.74) is -0.542. The highest BCUT2D eigenvalue weighted by Crippen LogP contribution is 2.31. The molecule has 1 aromatic rings. The van der Waals surface area contributed by atoms with Gasteiger partial charge in [0.1, 0.15) is 11.4 Å². The molecule has 7 heteroatoms. The summed E-state index contributed by atoms with van der Waals surface area (Å²) in [5, 5.41) is 9.75. The minimum atomic E-state index is -0.542. The normalized spacial score (nSPS) is 15.4. The first-order valence-corrected chi connectivity index (χ1v) is 8.15. The van der Waals surface area contributed by atoms with Crippen molar-refractivity contribution in [1.29, 1.82) is 0 Å². The molecule has 1 heterocycles. The van der Waals surface area contributed by atoms with E-state index in [2.05, 4.69) is 15.7 Å². The van der Waals surface area contributed by atoms with Crippen LogP contribution in [0.4, 0.5) is 10.6 Å². The Morgan fingerprint density at radius 3 is 2.70 bits per heavy atom. The number of carbonyl (C=O) groups excluding carboxylic acids is 2. The van der Waals surface area contributed by atoms with Crippen molar-refractivity contribution in [1.82, 2.24) is 15.1 Å². The number of anilines is 1. The fourth-order valence-corrected chi connectivity index (χ4v) is 2.65. The Bertz CT molecular complexity index is 542. The molecule has 1 fully saturated rings. The molecule has 7 nitrogen and oxygen atoms in total. The van der Waals surface area contributed by atoms with E-state index >= 15 is 0 Å². The lowest BCUT2D eigenvalue weighted by atomic mass is 10.2. The number of carbonyl (C=O) groups is 2. The van der Waals surface area contributed by atoms with Gasteiger partial charge in [-0.15, -0.1) is 0 Å². The lowest BCUT2D eigenvalue weighted by Crippen LogP contribution is -2.34. The molecule has 0 spiro atoms. The van der Waals surface area contributed by atoms with Gasteiger partial charge in [-0.3, -0.25) is 4.79 Å². The van der Waals surface area contributed by atoms with Gasteiger partial charge in [0.25, 0.3) is 0 Å². The van der Waals surface area contributed by atoms with Gasteiger partial charge in [0.2, 0.25) is 5.91 Å². The van der Waals surface area contributed by atoms with Crippen molar-refractivity contribution in [3.8, 4) is 0 Å². The summed E-state index contributed by atoms with van der Waals surface area (Å²) in [6.45, 7) is 5.62. The van der Waals surface area contributed by atoms with E-state index in [4.69, 9.17) is 4.74 Å². The highest BCUT2D eigenvalue weighted by molar-refractivity contribution is 5.90. The van der Waals surface area contributed by atoms with Crippen LogP contribution in [0.2, 0.25) is 0 Å². The molecule has 0 atom stereocenters. The van der Waals surface area contributed by atoms with Crippen LogP contribution >= 0.6 is 0 Å². The van der Waals surface area contributed by atoms with Crippen molar-refractivity contribution in [3.63, 3.8) is 0 Å². The second-order valence-electron chi connectivity index (χ2n) is 6.83. The molecule has 23 heavy (non-hydrogen) atoms. The van der Waals surface area contributed by atoms with Crippen molar-refractivity contribution < 1.29 is 14.3 Å². The van der Waals surface area contributed by atoms with Crippen LogP contribution in [0.15, 0.2) is 12.3 Å². The first kappa shape index (κ1) is 17.3. The van der Waals surface area contributed by atoms with Gasteiger partial charge in [0, 0.05) is 19.0 Å². The second-order valence-corrected chi connectivity index (χ2v) is 6.83. The predicted octanol–water partition coefficient (Wildman–Crippen LogP) is 2.85. The Hall–Kier alpha value is -2.05. The number of hydrogen-bond donors (Lipinski definition) is 2. The fourth-order valence-electron chi connectivity index (χ4n) is 2.65. The molecule has 2 rings (SSSR count). The second kappa shape index (κ2) is 7.48. The maximum absolute atomic E-state index is 12.0. The molecule has 2 amide bonds.